The third-order valence-corrected chi connectivity index (χ3v) is 6.85. The van der Waals surface area contributed by atoms with Gasteiger partial charge in [0.05, 0.1) is 23.8 Å². The van der Waals surface area contributed by atoms with Gasteiger partial charge in [-0.1, -0.05) is 48.5 Å². The number of esters is 1. The molecule has 0 fully saturated rings. The van der Waals surface area contributed by atoms with Crippen molar-refractivity contribution in [2.24, 2.45) is 0 Å². The van der Waals surface area contributed by atoms with E-state index in [0.717, 1.165) is 32.5 Å². The monoisotopic (exact) mass is 478 g/mol. The van der Waals surface area contributed by atoms with Crippen molar-refractivity contribution in [2.45, 2.75) is 20.0 Å². The normalized spacial score (nSPS) is 12.3. The highest BCUT2D eigenvalue weighted by Crippen LogP contribution is 2.18. The van der Waals surface area contributed by atoms with Gasteiger partial charge < -0.3 is 10.1 Å². The molecule has 0 atom stereocenters. The zero-order valence-electron chi connectivity index (χ0n) is 17.9. The molecule has 2 aromatic carbocycles. The molecule has 0 aliphatic heterocycles. The molecule has 4 aromatic rings. The van der Waals surface area contributed by atoms with Crippen molar-refractivity contribution in [2.75, 3.05) is 6.61 Å². The summed E-state index contributed by atoms with van der Waals surface area (Å²) in [6.45, 7) is 2.14. The Morgan fingerprint density at radius 3 is 2.70 bits per heavy atom. The molecule has 0 saturated heterocycles. The Kier molecular flexibility index (Phi) is 7.16. The molecular weight excluding hydrogens is 456 g/mol. The van der Waals surface area contributed by atoms with Gasteiger partial charge in [0.15, 0.2) is 0 Å². The first kappa shape index (κ1) is 22.7. The van der Waals surface area contributed by atoms with Gasteiger partial charge in [0.2, 0.25) is 5.91 Å². The predicted octanol–water partition coefficient (Wildman–Crippen LogP) is 2.61. The van der Waals surface area contributed by atoms with Crippen LogP contribution in [0, 0.1) is 0 Å². The predicted molar refractivity (Wildman–Crippen MR) is 133 cm³/mol. The van der Waals surface area contributed by atoms with Gasteiger partial charge in [-0.2, -0.15) is 0 Å². The van der Waals surface area contributed by atoms with E-state index in [9.17, 15) is 14.4 Å². The molecule has 2 aromatic heterocycles. The van der Waals surface area contributed by atoms with Gasteiger partial charge >= 0.3 is 5.97 Å². The van der Waals surface area contributed by atoms with E-state index in [1.165, 1.54) is 10.6 Å². The van der Waals surface area contributed by atoms with Gasteiger partial charge in [0, 0.05) is 4.88 Å². The Morgan fingerprint density at radius 1 is 1.09 bits per heavy atom. The number of ether oxygens (including phenoxy) is 1. The number of benzene rings is 2. The quantitative estimate of drug-likeness (QED) is 0.414. The summed E-state index contributed by atoms with van der Waals surface area (Å²) in [4.78, 5) is 38.9. The topological polar surface area (TPSA) is 77.4 Å². The lowest BCUT2D eigenvalue weighted by atomic mass is 10.0. The molecular formula is C25H22N2O4S2. The molecule has 168 valence electrons. The summed E-state index contributed by atoms with van der Waals surface area (Å²) in [7, 11) is 0. The van der Waals surface area contributed by atoms with Gasteiger partial charge in [0.25, 0.3) is 5.56 Å². The summed E-state index contributed by atoms with van der Waals surface area (Å²) in [5, 5.41) is 6.84. The Balaban J connectivity index is 1.73. The van der Waals surface area contributed by atoms with Crippen molar-refractivity contribution in [3.8, 4) is 0 Å². The molecule has 0 aliphatic rings. The highest BCUT2D eigenvalue weighted by Gasteiger charge is 2.12. The van der Waals surface area contributed by atoms with E-state index >= 15 is 0 Å². The van der Waals surface area contributed by atoms with Crippen LogP contribution in [0.4, 0.5) is 0 Å². The maximum absolute atomic E-state index is 13.2. The second-order valence-corrected chi connectivity index (χ2v) is 9.26. The van der Waals surface area contributed by atoms with Crippen LogP contribution < -0.4 is 20.1 Å². The number of nitrogens with one attached hydrogen (secondary N) is 1. The van der Waals surface area contributed by atoms with E-state index in [-0.39, 0.29) is 24.6 Å². The smallest absolute Gasteiger partial charge is 0.333 e. The second kappa shape index (κ2) is 10.4. The molecule has 2 heterocycles. The molecule has 33 heavy (non-hydrogen) atoms. The molecule has 4 rings (SSSR count). The number of carbonyl (C=O) groups excluding carboxylic acids is 2. The zero-order valence-corrected chi connectivity index (χ0v) is 19.6. The molecule has 6 nitrogen and oxygen atoms in total. The largest absolute Gasteiger partial charge is 0.463 e. The van der Waals surface area contributed by atoms with Crippen LogP contribution in [-0.2, 0) is 27.4 Å². The van der Waals surface area contributed by atoms with Crippen LogP contribution in [0.3, 0.4) is 0 Å². The average Bonchev–Trinajstić information content (AvgIpc) is 3.43. The zero-order chi connectivity index (χ0) is 23.2. The molecule has 0 spiro atoms. The first-order valence-electron chi connectivity index (χ1n) is 10.4. The van der Waals surface area contributed by atoms with Crippen molar-refractivity contribution >= 4 is 57.5 Å². The van der Waals surface area contributed by atoms with Crippen molar-refractivity contribution in [3.63, 3.8) is 0 Å². The number of thiophene rings is 1. The molecule has 1 amide bonds. The minimum atomic E-state index is -0.553. The van der Waals surface area contributed by atoms with Gasteiger partial charge in [-0.3, -0.25) is 14.2 Å². The molecule has 0 aliphatic carbocycles. The molecule has 0 radical (unpaired) electrons. The van der Waals surface area contributed by atoms with Gasteiger partial charge in [-0.15, -0.1) is 22.7 Å². The number of thiazole rings is 1. The summed E-state index contributed by atoms with van der Waals surface area (Å²) in [5.74, 6) is -0.860. The number of carbonyl (C=O) groups is 2. The summed E-state index contributed by atoms with van der Waals surface area (Å²) in [6.07, 6.45) is 3.07. The lowest BCUT2D eigenvalue weighted by molar-refractivity contribution is -0.135. The highest BCUT2D eigenvalue weighted by molar-refractivity contribution is 7.09. The molecule has 1 N–H and O–H groups in total. The molecule has 8 heteroatoms. The van der Waals surface area contributed by atoms with Crippen LogP contribution in [0.25, 0.3) is 22.9 Å². The lowest BCUT2D eigenvalue weighted by Gasteiger charge is -2.04. The number of hydrogen-bond acceptors (Lipinski definition) is 6. The van der Waals surface area contributed by atoms with Gasteiger partial charge in [-0.25, -0.2) is 4.79 Å². The van der Waals surface area contributed by atoms with E-state index < -0.39 is 5.97 Å². The summed E-state index contributed by atoms with van der Waals surface area (Å²) >= 11 is 2.71. The summed E-state index contributed by atoms with van der Waals surface area (Å²) in [5.41, 5.74) is 0.568. The molecule has 0 saturated carbocycles. The first-order chi connectivity index (χ1) is 16.0. The first-order valence-corrected chi connectivity index (χ1v) is 12.1. The number of aromatic nitrogens is 1. The average molecular weight is 479 g/mol. The molecule has 0 bridgehead atoms. The fraction of sp³-hybridized carbons (Fsp3) is 0.160. The number of amides is 1. The number of hydrogen-bond donors (Lipinski definition) is 1. The van der Waals surface area contributed by atoms with Crippen LogP contribution in [0.2, 0.25) is 0 Å². The Labute approximate surface area is 198 Å². The minimum absolute atomic E-state index is 0.185. The number of nitrogens with zero attached hydrogens (tertiary/aromatic N) is 1. The maximum atomic E-state index is 13.2. The van der Waals surface area contributed by atoms with Crippen LogP contribution >= 0.6 is 22.7 Å². The Hall–Kier alpha value is -3.49. The van der Waals surface area contributed by atoms with E-state index in [1.54, 1.807) is 24.3 Å². The Bertz CT molecular complexity index is 1460. The van der Waals surface area contributed by atoms with E-state index in [2.05, 4.69) is 5.32 Å². The molecule has 0 unspecified atom stereocenters. The van der Waals surface area contributed by atoms with E-state index in [0.29, 0.717) is 15.7 Å². The van der Waals surface area contributed by atoms with E-state index in [4.69, 9.17) is 4.74 Å². The second-order valence-electron chi connectivity index (χ2n) is 7.16. The number of fused-ring (bicyclic) bond motifs is 1. The van der Waals surface area contributed by atoms with Crippen LogP contribution in [0.5, 0.6) is 0 Å². The van der Waals surface area contributed by atoms with E-state index in [1.807, 2.05) is 60.0 Å². The maximum Gasteiger partial charge on any atom is 0.333 e. The highest BCUT2D eigenvalue weighted by atomic mass is 32.1. The van der Waals surface area contributed by atoms with Gasteiger partial charge in [-0.05, 0) is 40.8 Å². The van der Waals surface area contributed by atoms with Crippen molar-refractivity contribution in [1.29, 1.82) is 0 Å². The Morgan fingerprint density at radius 2 is 1.91 bits per heavy atom. The van der Waals surface area contributed by atoms with Crippen molar-refractivity contribution in [1.82, 2.24) is 9.88 Å². The third-order valence-electron chi connectivity index (χ3n) is 4.92. The van der Waals surface area contributed by atoms with Crippen molar-refractivity contribution in [3.05, 3.63) is 90.0 Å². The van der Waals surface area contributed by atoms with Crippen LogP contribution in [0.1, 0.15) is 17.4 Å². The van der Waals surface area contributed by atoms with Crippen LogP contribution in [-0.4, -0.2) is 23.1 Å². The van der Waals surface area contributed by atoms with Crippen LogP contribution in [0.15, 0.2) is 64.8 Å². The SMILES string of the molecule is CCOC(=O)/C=c1\s/c(=C\c2cccc3ccccc23)c(=O)n1CC(=O)NCc1cccs1. The standard InChI is InChI=1S/C25H22N2O4S2/c1-2-31-24(29)14-23-27(16-22(28)26-15-19-10-6-12-32-19)25(30)21(33-23)13-18-9-5-8-17-7-3-4-11-20(17)18/h3-14H,2,15-16H2,1H3,(H,26,28)/b21-13-,23-14-. The van der Waals surface area contributed by atoms with Gasteiger partial charge in [0.1, 0.15) is 11.2 Å². The fourth-order valence-corrected chi connectivity index (χ4v) is 5.06. The third kappa shape index (κ3) is 5.47. The minimum Gasteiger partial charge on any atom is -0.463 e. The lowest BCUT2D eigenvalue weighted by Crippen LogP contribution is -2.38. The number of rotatable bonds is 7. The summed E-state index contributed by atoms with van der Waals surface area (Å²) in [6, 6.07) is 17.6. The summed E-state index contributed by atoms with van der Waals surface area (Å²) < 4.78 is 7.15. The van der Waals surface area contributed by atoms with Crippen molar-refractivity contribution < 1.29 is 14.3 Å². The fourth-order valence-electron chi connectivity index (χ4n) is 3.39.